The van der Waals surface area contributed by atoms with Crippen LogP contribution in [0.2, 0.25) is 0 Å². The molecule has 4 rings (SSSR count). The summed E-state index contributed by atoms with van der Waals surface area (Å²) in [5.74, 6) is 1.80. The maximum absolute atomic E-state index is 12.8. The Labute approximate surface area is 231 Å². The Kier molecular flexibility index (Phi) is 9.39. The van der Waals surface area contributed by atoms with E-state index in [1.807, 2.05) is 31.2 Å². The molecule has 0 spiro atoms. The highest BCUT2D eigenvalue weighted by Crippen LogP contribution is 2.24. The van der Waals surface area contributed by atoms with Crippen molar-refractivity contribution in [1.82, 2.24) is 19.6 Å². The van der Waals surface area contributed by atoms with Crippen LogP contribution in [0.25, 0.3) is 0 Å². The molecule has 0 atom stereocenters. The van der Waals surface area contributed by atoms with Crippen LogP contribution in [0.4, 0.5) is 23.1 Å². The van der Waals surface area contributed by atoms with Crippen LogP contribution >= 0.6 is 0 Å². The molecule has 2 heterocycles. The highest BCUT2D eigenvalue weighted by molar-refractivity contribution is 7.89. The molecule has 1 aliphatic rings. The molecule has 10 nitrogen and oxygen atoms in total. The van der Waals surface area contributed by atoms with Crippen molar-refractivity contribution in [3.63, 3.8) is 0 Å². The molecule has 3 aromatic rings. The quantitative estimate of drug-likeness (QED) is 0.296. The number of sulfonamides is 1. The summed E-state index contributed by atoms with van der Waals surface area (Å²) in [5, 5.41) is 6.44. The van der Waals surface area contributed by atoms with Crippen LogP contribution in [0.5, 0.6) is 5.75 Å². The number of aromatic nitrogens is 2. The number of hydrogen-bond acceptors (Lipinski definition) is 9. The van der Waals surface area contributed by atoms with Crippen molar-refractivity contribution in [3.05, 3.63) is 60.3 Å². The molecule has 1 saturated heterocycles. The lowest BCUT2D eigenvalue weighted by Gasteiger charge is -2.26. The Hall–Kier alpha value is -3.25. The summed E-state index contributed by atoms with van der Waals surface area (Å²) in [6, 6.07) is 14.3. The molecule has 0 unspecified atom stereocenters. The summed E-state index contributed by atoms with van der Waals surface area (Å²) in [5.41, 5.74) is 1.67. The Balaban J connectivity index is 1.34. The first-order valence-corrected chi connectivity index (χ1v) is 14.6. The number of nitrogens with one attached hydrogen (secondary N) is 3. The van der Waals surface area contributed by atoms with E-state index in [1.165, 1.54) is 0 Å². The highest BCUT2D eigenvalue weighted by Gasteiger charge is 2.22. The molecule has 1 aromatic heterocycles. The topological polar surface area (TPSA) is 118 Å². The van der Waals surface area contributed by atoms with E-state index in [1.54, 1.807) is 51.2 Å². The lowest BCUT2D eigenvalue weighted by Crippen LogP contribution is -2.40. The van der Waals surface area contributed by atoms with Crippen molar-refractivity contribution in [1.29, 1.82) is 0 Å². The third-order valence-corrected chi connectivity index (χ3v) is 7.68. The monoisotopic (exact) mass is 554 g/mol. The van der Waals surface area contributed by atoms with Crippen molar-refractivity contribution in [2.75, 3.05) is 50.1 Å². The SMILES string of the molecule is Cc1cnc(Nc2ccc(OCCCN3CCOCC3)cc2)nc1Nc1cccc(S(=O)(=O)NC(C)(C)C)c1. The van der Waals surface area contributed by atoms with Crippen molar-refractivity contribution < 1.29 is 17.9 Å². The Morgan fingerprint density at radius 3 is 2.49 bits per heavy atom. The minimum atomic E-state index is -3.66. The van der Waals surface area contributed by atoms with Gasteiger partial charge in [-0.2, -0.15) is 4.98 Å². The van der Waals surface area contributed by atoms with Gasteiger partial charge >= 0.3 is 0 Å². The van der Waals surface area contributed by atoms with Gasteiger partial charge in [0.25, 0.3) is 0 Å². The van der Waals surface area contributed by atoms with Crippen LogP contribution in [0.3, 0.4) is 0 Å². The fourth-order valence-corrected chi connectivity index (χ4v) is 5.50. The van der Waals surface area contributed by atoms with Crippen molar-refractivity contribution >= 4 is 33.2 Å². The van der Waals surface area contributed by atoms with Gasteiger partial charge in [0, 0.05) is 48.3 Å². The van der Waals surface area contributed by atoms with E-state index in [9.17, 15) is 8.42 Å². The van der Waals surface area contributed by atoms with E-state index in [0.29, 0.717) is 24.1 Å². The van der Waals surface area contributed by atoms with Crippen LogP contribution in [-0.2, 0) is 14.8 Å². The summed E-state index contributed by atoms with van der Waals surface area (Å²) in [6.45, 7) is 12.6. The van der Waals surface area contributed by atoms with Crippen molar-refractivity contribution in [2.24, 2.45) is 0 Å². The maximum Gasteiger partial charge on any atom is 0.241 e. The average molecular weight is 555 g/mol. The zero-order chi connectivity index (χ0) is 27.9. The van der Waals surface area contributed by atoms with E-state index < -0.39 is 15.6 Å². The van der Waals surface area contributed by atoms with Gasteiger partial charge < -0.3 is 20.1 Å². The van der Waals surface area contributed by atoms with E-state index in [2.05, 4.69) is 30.2 Å². The van der Waals surface area contributed by atoms with Crippen LogP contribution in [0, 0.1) is 6.92 Å². The molecule has 0 aliphatic carbocycles. The van der Waals surface area contributed by atoms with Gasteiger partial charge in [0.15, 0.2) is 0 Å². The second kappa shape index (κ2) is 12.7. The number of rotatable bonds is 11. The van der Waals surface area contributed by atoms with Gasteiger partial charge in [-0.1, -0.05) is 6.07 Å². The smallest absolute Gasteiger partial charge is 0.241 e. The summed E-state index contributed by atoms with van der Waals surface area (Å²) in [6.07, 6.45) is 2.68. The third kappa shape index (κ3) is 8.89. The Bertz CT molecular complexity index is 1340. The predicted molar refractivity (Wildman–Crippen MR) is 154 cm³/mol. The van der Waals surface area contributed by atoms with Gasteiger partial charge in [-0.05, 0) is 76.6 Å². The molecule has 1 fully saturated rings. The highest BCUT2D eigenvalue weighted by atomic mass is 32.2. The summed E-state index contributed by atoms with van der Waals surface area (Å²) < 4.78 is 39.4. The molecule has 39 heavy (non-hydrogen) atoms. The van der Waals surface area contributed by atoms with Gasteiger partial charge in [0.1, 0.15) is 11.6 Å². The lowest BCUT2D eigenvalue weighted by atomic mass is 10.1. The summed E-state index contributed by atoms with van der Waals surface area (Å²) >= 11 is 0. The van der Waals surface area contributed by atoms with E-state index >= 15 is 0 Å². The van der Waals surface area contributed by atoms with Crippen LogP contribution in [0.1, 0.15) is 32.8 Å². The molecule has 2 aromatic carbocycles. The lowest BCUT2D eigenvalue weighted by molar-refractivity contribution is 0.0358. The first kappa shape index (κ1) is 28.8. The average Bonchev–Trinajstić information content (AvgIpc) is 2.89. The van der Waals surface area contributed by atoms with Gasteiger partial charge in [-0.15, -0.1) is 0 Å². The summed E-state index contributed by atoms with van der Waals surface area (Å²) in [7, 11) is -3.66. The van der Waals surface area contributed by atoms with Crippen LogP contribution in [-0.4, -0.2) is 68.3 Å². The first-order chi connectivity index (χ1) is 18.6. The van der Waals surface area contributed by atoms with Gasteiger partial charge in [0.2, 0.25) is 16.0 Å². The molecule has 0 amide bonds. The Morgan fingerprint density at radius 1 is 1.03 bits per heavy atom. The number of anilines is 4. The molecule has 0 radical (unpaired) electrons. The molecule has 11 heteroatoms. The molecule has 3 N–H and O–H groups in total. The van der Waals surface area contributed by atoms with Crippen molar-refractivity contribution in [2.45, 2.75) is 44.6 Å². The number of benzene rings is 2. The molecular weight excluding hydrogens is 516 g/mol. The number of hydrogen-bond donors (Lipinski definition) is 3. The molecule has 0 bridgehead atoms. The van der Waals surface area contributed by atoms with Crippen LogP contribution in [0.15, 0.2) is 59.6 Å². The van der Waals surface area contributed by atoms with E-state index in [0.717, 1.165) is 56.3 Å². The summed E-state index contributed by atoms with van der Waals surface area (Å²) in [4.78, 5) is 11.6. The number of morpholine rings is 1. The van der Waals surface area contributed by atoms with Gasteiger partial charge in [-0.3, -0.25) is 4.90 Å². The van der Waals surface area contributed by atoms with Gasteiger partial charge in [-0.25, -0.2) is 18.1 Å². The molecule has 0 saturated carbocycles. The number of aryl methyl sites for hydroxylation is 1. The molecular formula is C28H38N6O4S. The maximum atomic E-state index is 12.8. The fourth-order valence-electron chi connectivity index (χ4n) is 4.04. The zero-order valence-electron chi connectivity index (χ0n) is 23.0. The number of nitrogens with zero attached hydrogens (tertiary/aromatic N) is 3. The Morgan fingerprint density at radius 2 is 1.77 bits per heavy atom. The van der Waals surface area contributed by atoms with Crippen LogP contribution < -0.4 is 20.1 Å². The van der Waals surface area contributed by atoms with E-state index in [-0.39, 0.29) is 4.90 Å². The second-order valence-corrected chi connectivity index (χ2v) is 12.2. The van der Waals surface area contributed by atoms with E-state index in [4.69, 9.17) is 9.47 Å². The predicted octanol–water partition coefficient (Wildman–Crippen LogP) is 4.45. The normalized spacial score (nSPS) is 14.7. The largest absolute Gasteiger partial charge is 0.494 e. The standard InChI is InChI=1S/C28H38N6O4S/c1-21-20-29-27(31-22-9-11-24(12-10-22)38-16-6-13-34-14-17-37-18-15-34)32-26(21)30-23-7-5-8-25(19-23)39(35,36)33-28(2,3)4/h5,7-12,19-20,33H,6,13-18H2,1-4H3,(H2,29,30,31,32). The molecule has 210 valence electrons. The van der Waals surface area contributed by atoms with Crippen molar-refractivity contribution in [3.8, 4) is 5.75 Å². The fraction of sp³-hybridized carbons (Fsp3) is 0.429. The number of ether oxygens (including phenoxy) is 2. The third-order valence-electron chi connectivity index (χ3n) is 5.92. The zero-order valence-corrected chi connectivity index (χ0v) is 23.8. The first-order valence-electron chi connectivity index (χ1n) is 13.1. The molecule has 1 aliphatic heterocycles. The second-order valence-electron chi connectivity index (χ2n) is 10.5. The minimum absolute atomic E-state index is 0.177. The minimum Gasteiger partial charge on any atom is -0.494 e. The van der Waals surface area contributed by atoms with Gasteiger partial charge in [0.05, 0.1) is 24.7 Å².